The van der Waals surface area contributed by atoms with Gasteiger partial charge in [-0.3, -0.25) is 9.78 Å². The quantitative estimate of drug-likeness (QED) is 0.193. The van der Waals surface area contributed by atoms with Crippen molar-refractivity contribution < 1.29 is 23.7 Å². The first kappa shape index (κ1) is 23.5. The van der Waals surface area contributed by atoms with Gasteiger partial charge in [-0.1, -0.05) is 36.4 Å². The maximum atomic E-state index is 11.8. The number of carbonyl (C=O) groups excluding carboxylic acids is 1. The van der Waals surface area contributed by atoms with E-state index in [9.17, 15) is 4.79 Å². The first-order valence-corrected chi connectivity index (χ1v) is 11.2. The molecule has 0 aliphatic carbocycles. The lowest BCUT2D eigenvalue weighted by atomic mass is 9.98. The number of pyridine rings is 1. The summed E-state index contributed by atoms with van der Waals surface area (Å²) in [6.07, 6.45) is 3.82. The Labute approximate surface area is 198 Å². The number of H-pyrrole nitrogens is 1. The number of hydrogen-bond donors (Lipinski definition) is 1. The number of carbonyl (C=O) groups is 1. The van der Waals surface area contributed by atoms with Gasteiger partial charge in [0.05, 0.1) is 43.6 Å². The Balaban J connectivity index is 1.67. The van der Waals surface area contributed by atoms with Gasteiger partial charge in [-0.25, -0.2) is 0 Å². The van der Waals surface area contributed by atoms with E-state index in [2.05, 4.69) is 16.0 Å². The molecule has 2 aromatic carbocycles. The fourth-order valence-electron chi connectivity index (χ4n) is 3.73. The summed E-state index contributed by atoms with van der Waals surface area (Å²) in [4.78, 5) is 19.4. The Kier molecular flexibility index (Phi) is 7.91. The van der Waals surface area contributed by atoms with Gasteiger partial charge in [-0.15, -0.1) is 0 Å². The number of aromatic amines is 1. The number of methoxy groups -OCH3 is 1. The van der Waals surface area contributed by atoms with E-state index in [1.54, 1.807) is 26.4 Å². The second-order valence-corrected chi connectivity index (χ2v) is 7.67. The van der Waals surface area contributed by atoms with Gasteiger partial charge in [-0.2, -0.15) is 0 Å². The highest BCUT2D eigenvalue weighted by Crippen LogP contribution is 2.39. The molecule has 4 rings (SSSR count). The van der Waals surface area contributed by atoms with Crippen LogP contribution in [0.25, 0.3) is 33.3 Å². The van der Waals surface area contributed by atoms with E-state index in [0.717, 1.165) is 38.9 Å². The van der Waals surface area contributed by atoms with Crippen molar-refractivity contribution in [3.63, 3.8) is 0 Å². The second kappa shape index (κ2) is 11.4. The van der Waals surface area contributed by atoms with Crippen LogP contribution in [0.2, 0.25) is 0 Å². The van der Waals surface area contributed by atoms with Gasteiger partial charge in [-0.05, 0) is 36.2 Å². The van der Waals surface area contributed by atoms with Gasteiger partial charge in [0.25, 0.3) is 0 Å². The van der Waals surface area contributed by atoms with Crippen LogP contribution in [0.1, 0.15) is 12.5 Å². The molecule has 7 nitrogen and oxygen atoms in total. The second-order valence-electron chi connectivity index (χ2n) is 7.67. The largest absolute Gasteiger partial charge is 0.466 e. The van der Waals surface area contributed by atoms with Crippen LogP contribution in [0.5, 0.6) is 5.75 Å². The van der Waals surface area contributed by atoms with Crippen LogP contribution in [0, 0.1) is 0 Å². The number of nitrogens with zero attached hydrogens (tertiary/aromatic N) is 1. The highest BCUT2D eigenvalue weighted by atomic mass is 16.7. The summed E-state index contributed by atoms with van der Waals surface area (Å²) in [5.74, 6) is 0.473. The number of esters is 1. The Morgan fingerprint density at radius 2 is 1.85 bits per heavy atom. The Hall–Kier alpha value is -3.68. The third-order valence-corrected chi connectivity index (χ3v) is 5.37. The fraction of sp³-hybridized carbons (Fsp3) is 0.259. The van der Waals surface area contributed by atoms with Crippen LogP contribution in [-0.4, -0.2) is 49.7 Å². The van der Waals surface area contributed by atoms with Crippen LogP contribution in [-0.2, 0) is 25.4 Å². The summed E-state index contributed by atoms with van der Waals surface area (Å²) in [6.45, 7) is 3.21. The first-order valence-electron chi connectivity index (χ1n) is 11.2. The monoisotopic (exact) mass is 460 g/mol. The molecule has 1 N–H and O–H groups in total. The highest BCUT2D eigenvalue weighted by Gasteiger charge is 2.16. The first-order chi connectivity index (χ1) is 16.7. The van der Waals surface area contributed by atoms with Gasteiger partial charge in [0, 0.05) is 29.8 Å². The molecule has 4 aromatic rings. The smallest absolute Gasteiger partial charge is 0.310 e. The Morgan fingerprint density at radius 1 is 1.03 bits per heavy atom. The third kappa shape index (κ3) is 5.62. The zero-order chi connectivity index (χ0) is 23.8. The van der Waals surface area contributed by atoms with E-state index in [1.165, 1.54) is 0 Å². The lowest BCUT2D eigenvalue weighted by Gasteiger charge is -2.16. The molecule has 0 radical (unpaired) electrons. The number of ether oxygens (including phenoxy) is 4. The minimum absolute atomic E-state index is 0.0934. The number of para-hydroxylation sites is 1. The topological polar surface area (TPSA) is 82.7 Å². The molecule has 0 unspecified atom stereocenters. The molecule has 0 fully saturated rings. The molecule has 0 saturated heterocycles. The van der Waals surface area contributed by atoms with Crippen molar-refractivity contribution in [1.29, 1.82) is 0 Å². The lowest BCUT2D eigenvalue weighted by Crippen LogP contribution is -2.09. The van der Waals surface area contributed by atoms with Gasteiger partial charge >= 0.3 is 5.97 Å². The lowest BCUT2D eigenvalue weighted by molar-refractivity contribution is -0.142. The number of benzene rings is 2. The molecule has 34 heavy (non-hydrogen) atoms. The molecule has 0 atom stereocenters. The van der Waals surface area contributed by atoms with Crippen molar-refractivity contribution in [2.24, 2.45) is 0 Å². The van der Waals surface area contributed by atoms with Crippen molar-refractivity contribution >= 4 is 16.9 Å². The van der Waals surface area contributed by atoms with Crippen LogP contribution in [0.15, 0.2) is 67.0 Å². The van der Waals surface area contributed by atoms with Gasteiger partial charge in [0.1, 0.15) is 5.75 Å². The van der Waals surface area contributed by atoms with E-state index >= 15 is 0 Å². The summed E-state index contributed by atoms with van der Waals surface area (Å²) in [5, 5.41) is 1.07. The maximum Gasteiger partial charge on any atom is 0.310 e. The molecule has 0 spiro atoms. The zero-order valence-electron chi connectivity index (χ0n) is 19.4. The number of hydrogen-bond acceptors (Lipinski definition) is 6. The normalized spacial score (nSPS) is 11.0. The van der Waals surface area contributed by atoms with E-state index in [-0.39, 0.29) is 19.2 Å². The van der Waals surface area contributed by atoms with Crippen molar-refractivity contribution in [2.45, 2.75) is 13.3 Å². The van der Waals surface area contributed by atoms with Crippen molar-refractivity contribution in [1.82, 2.24) is 9.97 Å². The van der Waals surface area contributed by atoms with E-state index < -0.39 is 0 Å². The number of fused-ring (bicyclic) bond motifs is 1. The summed E-state index contributed by atoms with van der Waals surface area (Å²) in [7, 11) is 1.63. The number of nitrogens with one attached hydrogen (secondary N) is 1. The zero-order valence-corrected chi connectivity index (χ0v) is 19.4. The van der Waals surface area contributed by atoms with Gasteiger partial charge in [0.15, 0.2) is 6.79 Å². The molecule has 0 aliphatic rings. The number of aromatic nitrogens is 2. The van der Waals surface area contributed by atoms with Crippen LogP contribution in [0.4, 0.5) is 0 Å². The minimum atomic E-state index is -0.234. The Bertz CT molecular complexity index is 1200. The molecule has 7 heteroatoms. The van der Waals surface area contributed by atoms with Crippen LogP contribution >= 0.6 is 0 Å². The predicted octanol–water partition coefficient (Wildman–Crippen LogP) is 5.00. The molecular formula is C27H28N2O5. The van der Waals surface area contributed by atoms with Gasteiger partial charge in [0.2, 0.25) is 0 Å². The summed E-state index contributed by atoms with van der Waals surface area (Å²) in [5.41, 5.74) is 5.59. The van der Waals surface area contributed by atoms with Gasteiger partial charge < -0.3 is 23.9 Å². The summed E-state index contributed by atoms with van der Waals surface area (Å²) >= 11 is 0. The van der Waals surface area contributed by atoms with E-state index in [1.807, 2.05) is 48.5 Å². The maximum absolute atomic E-state index is 11.8. The molecule has 176 valence electrons. The van der Waals surface area contributed by atoms with Crippen molar-refractivity contribution in [2.75, 3.05) is 33.7 Å². The average Bonchev–Trinajstić information content (AvgIpc) is 3.29. The van der Waals surface area contributed by atoms with Crippen molar-refractivity contribution in [3.05, 3.63) is 72.6 Å². The molecule has 0 saturated carbocycles. The molecule has 0 bridgehead atoms. The molecule has 0 amide bonds. The minimum Gasteiger partial charge on any atom is -0.466 e. The fourth-order valence-corrected chi connectivity index (χ4v) is 3.73. The summed E-state index contributed by atoms with van der Waals surface area (Å²) in [6, 6.07) is 17.9. The summed E-state index contributed by atoms with van der Waals surface area (Å²) < 4.78 is 21.8. The van der Waals surface area contributed by atoms with Crippen molar-refractivity contribution in [3.8, 4) is 28.1 Å². The highest BCUT2D eigenvalue weighted by molar-refractivity contribution is 5.89. The van der Waals surface area contributed by atoms with E-state index in [0.29, 0.717) is 25.6 Å². The number of rotatable bonds is 11. The SMILES string of the molecule is CCOC(=O)Cc1ccc(-c2cccc(-c3cc4ccncc4[nH]3)c2OCOCCOC)cc1. The van der Waals surface area contributed by atoms with Crippen LogP contribution < -0.4 is 4.74 Å². The third-order valence-electron chi connectivity index (χ3n) is 5.37. The average molecular weight is 461 g/mol. The van der Waals surface area contributed by atoms with E-state index in [4.69, 9.17) is 18.9 Å². The Morgan fingerprint density at radius 3 is 2.62 bits per heavy atom. The molecule has 2 heterocycles. The molecule has 2 aromatic heterocycles. The molecule has 0 aliphatic heterocycles. The van der Waals surface area contributed by atoms with Crippen LogP contribution in [0.3, 0.4) is 0 Å². The predicted molar refractivity (Wildman–Crippen MR) is 131 cm³/mol. The standard InChI is InChI=1S/C27H28N2O5/c1-3-33-26(30)15-19-7-9-20(10-8-19)22-5-4-6-23(27(22)34-18-32-14-13-31-2)24-16-21-11-12-28-17-25(21)29-24/h4-12,16-17,29H,3,13-15,18H2,1-2H3. The molecular weight excluding hydrogens is 432 g/mol.